The second kappa shape index (κ2) is 51.2. The summed E-state index contributed by atoms with van der Waals surface area (Å²) < 4.78 is 17.3. The van der Waals surface area contributed by atoms with Crippen LogP contribution in [0.5, 0.6) is 0 Å². The number of carbonyl (C=O) groups is 2. The molecule has 0 aromatic rings. The van der Waals surface area contributed by atoms with Gasteiger partial charge < -0.3 is 14.2 Å². The van der Waals surface area contributed by atoms with E-state index in [0.29, 0.717) is 19.4 Å². The first-order chi connectivity index (χ1) is 29.6. The number of esters is 2. The van der Waals surface area contributed by atoms with Crippen molar-refractivity contribution in [2.75, 3.05) is 19.8 Å². The quantitative estimate of drug-likeness (QED) is 0.0347. The van der Waals surface area contributed by atoms with Crippen molar-refractivity contribution in [1.29, 1.82) is 0 Å². The molecule has 0 aromatic heterocycles. The number of unbranched alkanes of at least 4 members (excludes halogenated alkanes) is 29. The number of rotatable bonds is 48. The van der Waals surface area contributed by atoms with Gasteiger partial charge in [0.25, 0.3) is 0 Å². The highest BCUT2D eigenvalue weighted by Gasteiger charge is 2.17. The summed E-state index contributed by atoms with van der Waals surface area (Å²) >= 11 is 0. The molecule has 0 aliphatic carbocycles. The molecular formula is C55H100O5. The molecule has 0 spiro atoms. The monoisotopic (exact) mass is 841 g/mol. The fraction of sp³-hybridized carbons (Fsp3) is 0.818. The first-order valence-corrected chi connectivity index (χ1v) is 26.2. The molecule has 0 rings (SSSR count). The second-order valence-corrected chi connectivity index (χ2v) is 17.4. The van der Waals surface area contributed by atoms with Crippen molar-refractivity contribution in [3.63, 3.8) is 0 Å². The highest BCUT2D eigenvalue weighted by atomic mass is 16.6. The molecule has 0 saturated carbocycles. The Balaban J connectivity index is 4.06. The Bertz CT molecular complexity index is 997. The molecule has 0 amide bonds. The third-order valence-corrected chi connectivity index (χ3v) is 11.3. The maximum Gasteiger partial charge on any atom is 0.306 e. The van der Waals surface area contributed by atoms with Crippen LogP contribution in [-0.4, -0.2) is 37.9 Å². The van der Waals surface area contributed by atoms with E-state index in [2.05, 4.69) is 69.4 Å². The van der Waals surface area contributed by atoms with Gasteiger partial charge in [-0.2, -0.15) is 0 Å². The molecule has 0 bridgehead atoms. The average Bonchev–Trinajstić information content (AvgIpc) is 3.25. The van der Waals surface area contributed by atoms with Gasteiger partial charge in [0.05, 0.1) is 6.61 Å². The van der Waals surface area contributed by atoms with Crippen LogP contribution in [0.15, 0.2) is 48.6 Å². The number of hydrogen-bond acceptors (Lipinski definition) is 5. The summed E-state index contributed by atoms with van der Waals surface area (Å²) in [6, 6.07) is 0. The summed E-state index contributed by atoms with van der Waals surface area (Å²) in [5.74, 6) is -0.401. The number of allylic oxidation sites excluding steroid dienone is 8. The molecule has 1 atom stereocenters. The predicted molar refractivity (Wildman–Crippen MR) is 261 cm³/mol. The van der Waals surface area contributed by atoms with Gasteiger partial charge in [-0.3, -0.25) is 9.59 Å². The molecule has 5 heteroatoms. The Kier molecular flexibility index (Phi) is 49.4. The fourth-order valence-corrected chi connectivity index (χ4v) is 7.39. The minimum absolute atomic E-state index is 0.0832. The molecule has 0 aliphatic rings. The van der Waals surface area contributed by atoms with Crippen LogP contribution in [0, 0.1) is 0 Å². The van der Waals surface area contributed by atoms with E-state index < -0.39 is 6.10 Å². The van der Waals surface area contributed by atoms with Crippen molar-refractivity contribution in [3.8, 4) is 0 Å². The van der Waals surface area contributed by atoms with Crippen molar-refractivity contribution in [1.82, 2.24) is 0 Å². The van der Waals surface area contributed by atoms with E-state index in [9.17, 15) is 9.59 Å². The van der Waals surface area contributed by atoms with E-state index in [1.807, 2.05) is 0 Å². The Morgan fingerprint density at radius 2 is 0.700 bits per heavy atom. The maximum absolute atomic E-state index is 12.7. The van der Waals surface area contributed by atoms with Gasteiger partial charge >= 0.3 is 11.9 Å². The van der Waals surface area contributed by atoms with Gasteiger partial charge in [-0.25, -0.2) is 0 Å². The Morgan fingerprint density at radius 1 is 0.367 bits per heavy atom. The maximum atomic E-state index is 12.7. The van der Waals surface area contributed by atoms with E-state index in [0.717, 1.165) is 51.4 Å². The first kappa shape index (κ1) is 57.9. The SMILES string of the molecule is CCCCC/C=C\C/C=C\CCCCCCCCCCCC(=O)OCC(COCCCCCCCC)OC(=O)CCCCCCCCCCC/C=C\C/C=C\CCCCC. The zero-order valence-corrected chi connectivity index (χ0v) is 40.2. The standard InChI is InChI=1S/C55H100O5/c1-4-7-10-13-16-18-20-22-24-26-28-30-32-34-36-38-40-42-45-48-54(56)59-52-53(51-58-50-47-44-15-12-9-6-3)60-55(57)49-46-43-41-39-37-35-33-31-29-27-25-23-21-19-17-14-11-8-5-2/h16-19,22-25,53H,4-15,20-21,26-52H2,1-3H3/b18-16-,19-17-,24-22-,25-23-. The van der Waals surface area contributed by atoms with Crippen LogP contribution in [0.3, 0.4) is 0 Å². The first-order valence-electron chi connectivity index (χ1n) is 26.2. The molecule has 5 nitrogen and oxygen atoms in total. The van der Waals surface area contributed by atoms with Gasteiger partial charge in [0.1, 0.15) is 6.61 Å². The van der Waals surface area contributed by atoms with Crippen LogP contribution in [-0.2, 0) is 23.8 Å². The summed E-state index contributed by atoms with van der Waals surface area (Å²) in [5, 5.41) is 0. The highest BCUT2D eigenvalue weighted by molar-refractivity contribution is 5.70. The van der Waals surface area contributed by atoms with Crippen LogP contribution in [0.1, 0.15) is 265 Å². The van der Waals surface area contributed by atoms with Crippen LogP contribution in [0.25, 0.3) is 0 Å². The Morgan fingerprint density at radius 3 is 1.13 bits per heavy atom. The molecule has 350 valence electrons. The third kappa shape index (κ3) is 48.5. The second-order valence-electron chi connectivity index (χ2n) is 17.4. The van der Waals surface area contributed by atoms with Crippen LogP contribution in [0.4, 0.5) is 0 Å². The van der Waals surface area contributed by atoms with Crippen molar-refractivity contribution in [2.24, 2.45) is 0 Å². The molecule has 0 saturated heterocycles. The lowest BCUT2D eigenvalue weighted by molar-refractivity contribution is -0.163. The van der Waals surface area contributed by atoms with Crippen LogP contribution in [0.2, 0.25) is 0 Å². The molecule has 0 aromatic carbocycles. The lowest BCUT2D eigenvalue weighted by Gasteiger charge is -2.18. The molecule has 0 radical (unpaired) electrons. The van der Waals surface area contributed by atoms with Crippen molar-refractivity contribution < 1.29 is 23.8 Å². The molecule has 1 unspecified atom stereocenters. The lowest BCUT2D eigenvalue weighted by Crippen LogP contribution is -2.30. The molecule has 0 heterocycles. The van der Waals surface area contributed by atoms with Crippen molar-refractivity contribution in [2.45, 2.75) is 271 Å². The highest BCUT2D eigenvalue weighted by Crippen LogP contribution is 2.15. The topological polar surface area (TPSA) is 61.8 Å². The van der Waals surface area contributed by atoms with Crippen LogP contribution >= 0.6 is 0 Å². The molecule has 60 heavy (non-hydrogen) atoms. The molecular weight excluding hydrogens is 741 g/mol. The van der Waals surface area contributed by atoms with Crippen LogP contribution < -0.4 is 0 Å². The van der Waals surface area contributed by atoms with Gasteiger partial charge in [-0.15, -0.1) is 0 Å². The minimum Gasteiger partial charge on any atom is -0.462 e. The number of ether oxygens (including phenoxy) is 3. The number of carbonyl (C=O) groups excluding carboxylic acids is 2. The average molecular weight is 841 g/mol. The zero-order chi connectivity index (χ0) is 43.5. The van der Waals surface area contributed by atoms with E-state index in [4.69, 9.17) is 14.2 Å². The Hall–Kier alpha value is -2.14. The summed E-state index contributed by atoms with van der Waals surface area (Å²) in [4.78, 5) is 25.3. The summed E-state index contributed by atoms with van der Waals surface area (Å²) in [6.07, 6.45) is 62.7. The van der Waals surface area contributed by atoms with E-state index in [-0.39, 0.29) is 25.2 Å². The fourth-order valence-electron chi connectivity index (χ4n) is 7.39. The molecule has 0 N–H and O–H groups in total. The van der Waals surface area contributed by atoms with Crippen molar-refractivity contribution >= 4 is 11.9 Å². The normalized spacial score (nSPS) is 12.5. The summed E-state index contributed by atoms with van der Waals surface area (Å²) in [6.45, 7) is 7.76. The molecule has 0 fully saturated rings. The van der Waals surface area contributed by atoms with Gasteiger partial charge in [0.2, 0.25) is 0 Å². The van der Waals surface area contributed by atoms with Crippen molar-refractivity contribution in [3.05, 3.63) is 48.6 Å². The summed E-state index contributed by atoms with van der Waals surface area (Å²) in [7, 11) is 0. The van der Waals surface area contributed by atoms with Gasteiger partial charge in [0, 0.05) is 19.4 Å². The summed E-state index contributed by atoms with van der Waals surface area (Å²) in [5.41, 5.74) is 0. The zero-order valence-electron chi connectivity index (χ0n) is 40.2. The van der Waals surface area contributed by atoms with Gasteiger partial charge in [-0.1, -0.05) is 217 Å². The minimum atomic E-state index is -0.535. The van der Waals surface area contributed by atoms with E-state index in [1.165, 1.54) is 180 Å². The van der Waals surface area contributed by atoms with Gasteiger partial charge in [-0.05, 0) is 83.5 Å². The Labute approximate surface area is 373 Å². The number of hydrogen-bond donors (Lipinski definition) is 0. The van der Waals surface area contributed by atoms with E-state index in [1.54, 1.807) is 0 Å². The lowest BCUT2D eigenvalue weighted by atomic mass is 10.1. The predicted octanol–water partition coefficient (Wildman–Crippen LogP) is 17.6. The van der Waals surface area contributed by atoms with E-state index >= 15 is 0 Å². The third-order valence-electron chi connectivity index (χ3n) is 11.3. The molecule has 0 aliphatic heterocycles. The largest absolute Gasteiger partial charge is 0.462 e. The smallest absolute Gasteiger partial charge is 0.306 e. The van der Waals surface area contributed by atoms with Gasteiger partial charge in [0.15, 0.2) is 6.10 Å².